The van der Waals surface area contributed by atoms with Gasteiger partial charge in [-0.05, 0) is 18.6 Å². The van der Waals surface area contributed by atoms with Gasteiger partial charge in [0.25, 0.3) is 0 Å². The fourth-order valence-corrected chi connectivity index (χ4v) is 1.86. The minimum atomic E-state index is 0.645. The molecular weight excluding hydrogens is 190 g/mol. The van der Waals surface area contributed by atoms with Crippen molar-refractivity contribution < 1.29 is 9.15 Å². The molecule has 1 aromatic heterocycles. The largest absolute Gasteiger partial charge is 0.492 e. The van der Waals surface area contributed by atoms with Crippen molar-refractivity contribution in [2.75, 3.05) is 6.61 Å². The van der Waals surface area contributed by atoms with E-state index in [4.69, 9.17) is 9.15 Å². The molecule has 0 bridgehead atoms. The first-order chi connectivity index (χ1) is 7.34. The highest BCUT2D eigenvalue weighted by molar-refractivity contribution is 5.66. The molecule has 76 valence electrons. The van der Waals surface area contributed by atoms with Crippen molar-refractivity contribution >= 4 is 0 Å². The lowest BCUT2D eigenvalue weighted by atomic mass is 10.1. The van der Waals surface area contributed by atoms with Crippen LogP contribution in [0, 0.1) is 6.92 Å². The van der Waals surface area contributed by atoms with E-state index in [0.717, 1.165) is 30.0 Å². The maximum Gasteiger partial charge on any atom is 0.229 e. The van der Waals surface area contributed by atoms with Gasteiger partial charge in [0.2, 0.25) is 5.89 Å². The van der Waals surface area contributed by atoms with Gasteiger partial charge in [0, 0.05) is 6.42 Å². The molecule has 1 aromatic carbocycles. The number of nitrogens with zero attached hydrogens (tertiary/aromatic N) is 1. The van der Waals surface area contributed by atoms with E-state index in [2.05, 4.69) is 11.1 Å². The molecule has 2 heterocycles. The Hall–Kier alpha value is -1.77. The van der Waals surface area contributed by atoms with Gasteiger partial charge in [-0.25, -0.2) is 4.98 Å². The first-order valence-corrected chi connectivity index (χ1v) is 5.02. The maximum atomic E-state index is 5.59. The third kappa shape index (κ3) is 1.31. The number of hydrogen-bond acceptors (Lipinski definition) is 3. The molecular formula is C12H11NO2. The van der Waals surface area contributed by atoms with Gasteiger partial charge in [0.05, 0.1) is 17.9 Å². The SMILES string of the molecule is Cc1coc(-c2cccc3c2OCC3)n1. The summed E-state index contributed by atoms with van der Waals surface area (Å²) < 4.78 is 11.0. The van der Waals surface area contributed by atoms with Crippen molar-refractivity contribution in [3.63, 3.8) is 0 Å². The van der Waals surface area contributed by atoms with Crippen LogP contribution in [0.3, 0.4) is 0 Å². The molecule has 3 rings (SSSR count). The van der Waals surface area contributed by atoms with E-state index in [9.17, 15) is 0 Å². The Morgan fingerprint density at radius 3 is 3.07 bits per heavy atom. The Labute approximate surface area is 87.7 Å². The molecule has 0 spiro atoms. The van der Waals surface area contributed by atoms with Crippen LogP contribution < -0.4 is 4.74 Å². The molecule has 1 aliphatic rings. The molecule has 0 saturated carbocycles. The van der Waals surface area contributed by atoms with Gasteiger partial charge in [-0.3, -0.25) is 0 Å². The number of rotatable bonds is 1. The van der Waals surface area contributed by atoms with E-state index in [-0.39, 0.29) is 0 Å². The molecule has 0 fully saturated rings. The first-order valence-electron chi connectivity index (χ1n) is 5.02. The van der Waals surface area contributed by atoms with E-state index < -0.39 is 0 Å². The minimum Gasteiger partial charge on any atom is -0.492 e. The quantitative estimate of drug-likeness (QED) is 0.711. The van der Waals surface area contributed by atoms with Gasteiger partial charge in [-0.2, -0.15) is 0 Å². The van der Waals surface area contributed by atoms with Crippen molar-refractivity contribution in [1.82, 2.24) is 4.98 Å². The number of oxazole rings is 1. The van der Waals surface area contributed by atoms with Crippen molar-refractivity contribution in [3.8, 4) is 17.2 Å². The van der Waals surface area contributed by atoms with Crippen LogP contribution >= 0.6 is 0 Å². The van der Waals surface area contributed by atoms with Gasteiger partial charge in [-0.15, -0.1) is 0 Å². The highest BCUT2D eigenvalue weighted by Crippen LogP contribution is 2.35. The highest BCUT2D eigenvalue weighted by atomic mass is 16.5. The van der Waals surface area contributed by atoms with Gasteiger partial charge >= 0.3 is 0 Å². The average Bonchev–Trinajstić information content (AvgIpc) is 2.84. The Kier molecular flexibility index (Phi) is 1.78. The maximum absolute atomic E-state index is 5.59. The highest BCUT2D eigenvalue weighted by Gasteiger charge is 2.19. The molecule has 3 nitrogen and oxygen atoms in total. The fraction of sp³-hybridized carbons (Fsp3) is 0.250. The topological polar surface area (TPSA) is 35.3 Å². The number of ether oxygens (including phenoxy) is 1. The van der Waals surface area contributed by atoms with Gasteiger partial charge in [-0.1, -0.05) is 12.1 Å². The van der Waals surface area contributed by atoms with Crippen LogP contribution in [0.25, 0.3) is 11.5 Å². The Balaban J connectivity index is 2.16. The zero-order valence-corrected chi connectivity index (χ0v) is 8.49. The van der Waals surface area contributed by atoms with Crippen LogP contribution in [0.1, 0.15) is 11.3 Å². The summed E-state index contributed by atoms with van der Waals surface area (Å²) >= 11 is 0. The number of aromatic nitrogens is 1. The van der Waals surface area contributed by atoms with Crippen LogP contribution in [0.2, 0.25) is 0 Å². The number of benzene rings is 1. The van der Waals surface area contributed by atoms with Crippen LogP contribution in [0.4, 0.5) is 0 Å². The standard InChI is InChI=1S/C12H11NO2/c1-8-7-15-12(13-8)10-4-2-3-9-5-6-14-11(9)10/h2-4,7H,5-6H2,1H3. The summed E-state index contributed by atoms with van der Waals surface area (Å²) in [6.45, 7) is 2.67. The Morgan fingerprint density at radius 2 is 2.27 bits per heavy atom. The summed E-state index contributed by atoms with van der Waals surface area (Å²) in [6.07, 6.45) is 2.63. The van der Waals surface area contributed by atoms with Crippen molar-refractivity contribution in [2.24, 2.45) is 0 Å². The predicted molar refractivity (Wildman–Crippen MR) is 55.9 cm³/mol. The lowest BCUT2D eigenvalue weighted by Crippen LogP contribution is -1.88. The summed E-state index contributed by atoms with van der Waals surface area (Å²) in [6, 6.07) is 6.08. The van der Waals surface area contributed by atoms with Crippen LogP contribution in [0.15, 0.2) is 28.9 Å². The lowest BCUT2D eigenvalue weighted by Gasteiger charge is -2.03. The number of hydrogen-bond donors (Lipinski definition) is 0. The molecule has 0 amide bonds. The smallest absolute Gasteiger partial charge is 0.229 e. The van der Waals surface area contributed by atoms with Crippen LogP contribution in [-0.4, -0.2) is 11.6 Å². The molecule has 1 aliphatic heterocycles. The molecule has 0 aliphatic carbocycles. The van der Waals surface area contributed by atoms with E-state index in [1.165, 1.54) is 5.56 Å². The second-order valence-electron chi connectivity index (χ2n) is 3.69. The van der Waals surface area contributed by atoms with Crippen molar-refractivity contribution in [1.29, 1.82) is 0 Å². The van der Waals surface area contributed by atoms with E-state index in [1.54, 1.807) is 6.26 Å². The summed E-state index contributed by atoms with van der Waals surface area (Å²) in [5.74, 6) is 1.57. The molecule has 0 N–H and O–H groups in total. The lowest BCUT2D eigenvalue weighted by molar-refractivity contribution is 0.357. The van der Waals surface area contributed by atoms with Crippen LogP contribution in [0.5, 0.6) is 5.75 Å². The summed E-state index contributed by atoms with van der Waals surface area (Å²) in [7, 11) is 0. The molecule has 0 saturated heterocycles. The van der Waals surface area contributed by atoms with Gasteiger partial charge in [0.15, 0.2) is 0 Å². The molecule has 15 heavy (non-hydrogen) atoms. The minimum absolute atomic E-state index is 0.645. The summed E-state index contributed by atoms with van der Waals surface area (Å²) in [5.41, 5.74) is 3.09. The van der Waals surface area contributed by atoms with Gasteiger partial charge < -0.3 is 9.15 Å². The average molecular weight is 201 g/mol. The van der Waals surface area contributed by atoms with Crippen LogP contribution in [-0.2, 0) is 6.42 Å². The van der Waals surface area contributed by atoms with E-state index in [1.807, 2.05) is 19.1 Å². The monoisotopic (exact) mass is 201 g/mol. The second-order valence-corrected chi connectivity index (χ2v) is 3.69. The predicted octanol–water partition coefficient (Wildman–Crippen LogP) is 2.58. The third-order valence-electron chi connectivity index (χ3n) is 2.56. The fourth-order valence-electron chi connectivity index (χ4n) is 1.86. The Bertz CT molecular complexity index is 502. The van der Waals surface area contributed by atoms with Crippen molar-refractivity contribution in [3.05, 3.63) is 35.7 Å². The third-order valence-corrected chi connectivity index (χ3v) is 2.56. The Morgan fingerprint density at radius 1 is 1.33 bits per heavy atom. The number of fused-ring (bicyclic) bond motifs is 1. The summed E-state index contributed by atoms with van der Waals surface area (Å²) in [4.78, 5) is 4.31. The molecule has 0 atom stereocenters. The number of para-hydroxylation sites is 1. The molecule has 2 aromatic rings. The molecule has 0 radical (unpaired) electrons. The van der Waals surface area contributed by atoms with E-state index in [0.29, 0.717) is 5.89 Å². The first kappa shape index (κ1) is 8.53. The summed E-state index contributed by atoms with van der Waals surface area (Å²) in [5, 5.41) is 0. The number of aryl methyl sites for hydroxylation is 1. The molecule has 3 heteroatoms. The zero-order chi connectivity index (χ0) is 10.3. The zero-order valence-electron chi connectivity index (χ0n) is 8.49. The second kappa shape index (κ2) is 3.12. The van der Waals surface area contributed by atoms with Crippen molar-refractivity contribution in [2.45, 2.75) is 13.3 Å². The normalized spacial score (nSPS) is 13.7. The molecule has 0 unspecified atom stereocenters. The van der Waals surface area contributed by atoms with Gasteiger partial charge in [0.1, 0.15) is 12.0 Å². The van der Waals surface area contributed by atoms with E-state index >= 15 is 0 Å².